The van der Waals surface area contributed by atoms with E-state index in [4.69, 9.17) is 0 Å². The van der Waals surface area contributed by atoms with Gasteiger partial charge in [-0.15, -0.1) is 0 Å². The molecule has 20 heavy (non-hydrogen) atoms. The zero-order valence-electron chi connectivity index (χ0n) is 10.9. The van der Waals surface area contributed by atoms with Gasteiger partial charge in [-0.3, -0.25) is 4.79 Å². The predicted molar refractivity (Wildman–Crippen MR) is 79.4 cm³/mol. The van der Waals surface area contributed by atoms with E-state index in [2.05, 4.69) is 16.6 Å². The second-order valence-electron chi connectivity index (χ2n) is 4.43. The van der Waals surface area contributed by atoms with Crippen LogP contribution < -0.4 is 0 Å². The molecule has 0 radical (unpaired) electrons. The number of rotatable bonds is 1. The van der Waals surface area contributed by atoms with E-state index in [0.29, 0.717) is 12.4 Å². The maximum atomic E-state index is 11.5. The fourth-order valence-corrected chi connectivity index (χ4v) is 2.17. The van der Waals surface area contributed by atoms with Gasteiger partial charge in [-0.1, -0.05) is 36.9 Å². The molecule has 0 aliphatic carbocycles. The Kier molecular flexibility index (Phi) is 3.13. The van der Waals surface area contributed by atoms with Crippen LogP contribution >= 0.6 is 0 Å². The van der Waals surface area contributed by atoms with Gasteiger partial charge in [0.25, 0.3) is 5.91 Å². The van der Waals surface area contributed by atoms with Gasteiger partial charge in [0.15, 0.2) is 5.84 Å². The number of hydrogen-bond acceptors (Lipinski definition) is 2. The first-order valence-corrected chi connectivity index (χ1v) is 6.31. The van der Waals surface area contributed by atoms with Crippen LogP contribution in [-0.4, -0.2) is 22.5 Å². The van der Waals surface area contributed by atoms with Crippen molar-refractivity contribution in [1.29, 1.82) is 0 Å². The number of amidine groups is 2. The molecule has 0 spiro atoms. The summed E-state index contributed by atoms with van der Waals surface area (Å²) in [5.74, 6) is 0.824. The zero-order valence-corrected chi connectivity index (χ0v) is 10.9. The molecular weight excluding hydrogens is 250 g/mol. The number of benzene rings is 1. The average molecular weight is 263 g/mol. The molecule has 0 fully saturated rings. The van der Waals surface area contributed by atoms with Crippen LogP contribution in [0, 0.1) is 0 Å². The van der Waals surface area contributed by atoms with Crippen molar-refractivity contribution in [2.75, 3.05) is 0 Å². The molecule has 0 saturated carbocycles. The van der Waals surface area contributed by atoms with E-state index in [9.17, 15) is 4.79 Å². The van der Waals surface area contributed by atoms with Gasteiger partial charge in [0, 0.05) is 18.3 Å². The Morgan fingerprint density at radius 3 is 3.05 bits per heavy atom. The lowest BCUT2D eigenvalue weighted by molar-refractivity contribution is -0.113. The molecule has 1 aromatic rings. The summed E-state index contributed by atoms with van der Waals surface area (Å²) in [6.07, 6.45) is 8.93. The number of amides is 1. The quantitative estimate of drug-likeness (QED) is 0.730. The largest absolute Gasteiger partial charge is 0.329 e. The van der Waals surface area contributed by atoms with Gasteiger partial charge in [-0.25, -0.2) is 4.99 Å². The molecule has 2 heterocycles. The molecule has 0 atom stereocenters. The number of allylic oxidation sites excluding steroid dienone is 2. The topological polar surface area (TPSA) is 45.0 Å². The third kappa shape index (κ3) is 2.23. The lowest BCUT2D eigenvalue weighted by Gasteiger charge is -2.20. The van der Waals surface area contributed by atoms with Crippen LogP contribution in [0.25, 0.3) is 0 Å². The number of nitrogens with zero attached hydrogens (tertiary/aromatic N) is 3. The summed E-state index contributed by atoms with van der Waals surface area (Å²) in [5.41, 5.74) is 1.97. The summed E-state index contributed by atoms with van der Waals surface area (Å²) in [6.45, 7) is 4.15. The van der Waals surface area contributed by atoms with E-state index in [-0.39, 0.29) is 5.91 Å². The number of carbonyl (C=O) groups is 1. The Hall–Kier alpha value is -2.75. The first-order valence-electron chi connectivity index (χ1n) is 6.31. The number of fused-ring (bicyclic) bond motifs is 2. The molecule has 1 amide bonds. The highest BCUT2D eigenvalue weighted by molar-refractivity contribution is 6.15. The molecule has 0 bridgehead atoms. The summed E-state index contributed by atoms with van der Waals surface area (Å²) < 4.78 is 0. The highest BCUT2D eigenvalue weighted by Crippen LogP contribution is 2.20. The lowest BCUT2D eigenvalue weighted by Crippen LogP contribution is -2.24. The van der Waals surface area contributed by atoms with Gasteiger partial charge in [0.2, 0.25) is 0 Å². The van der Waals surface area contributed by atoms with E-state index in [1.807, 2.05) is 53.6 Å². The molecule has 1 aromatic carbocycles. The monoisotopic (exact) mass is 263 g/mol. The Labute approximate surface area is 117 Å². The van der Waals surface area contributed by atoms with E-state index < -0.39 is 0 Å². The van der Waals surface area contributed by atoms with Crippen LogP contribution in [0.1, 0.15) is 11.1 Å². The Morgan fingerprint density at radius 1 is 1.35 bits per heavy atom. The number of hydrogen-bond donors (Lipinski definition) is 0. The van der Waals surface area contributed by atoms with Crippen molar-refractivity contribution >= 4 is 17.6 Å². The van der Waals surface area contributed by atoms with Gasteiger partial charge in [-0.2, -0.15) is 4.99 Å². The van der Waals surface area contributed by atoms with Crippen molar-refractivity contribution in [3.05, 3.63) is 72.5 Å². The smallest absolute Gasteiger partial charge is 0.271 e. The standard InChI is InChI=1S/C16H13N3O/c1-2-15(20)18-16-13-8-4-3-7-12(13)11-19-10-6-5-9-14(19)17-16/h2-10H,1,11H2/b18-16+. The Balaban J connectivity index is 2.17. The lowest BCUT2D eigenvalue weighted by atomic mass is 10.1. The first-order chi connectivity index (χ1) is 9.78. The van der Waals surface area contributed by atoms with Crippen LogP contribution in [0.2, 0.25) is 0 Å². The molecule has 0 saturated heterocycles. The Bertz CT molecular complexity index is 695. The van der Waals surface area contributed by atoms with Crippen molar-refractivity contribution < 1.29 is 4.79 Å². The van der Waals surface area contributed by atoms with Crippen LogP contribution in [0.15, 0.2) is 71.3 Å². The molecule has 2 aliphatic heterocycles. The predicted octanol–water partition coefficient (Wildman–Crippen LogP) is 2.44. The molecule has 3 rings (SSSR count). The molecule has 98 valence electrons. The Morgan fingerprint density at radius 2 is 2.20 bits per heavy atom. The van der Waals surface area contributed by atoms with Crippen LogP contribution in [-0.2, 0) is 11.3 Å². The van der Waals surface area contributed by atoms with Crippen LogP contribution in [0.3, 0.4) is 0 Å². The van der Waals surface area contributed by atoms with E-state index in [1.165, 1.54) is 6.08 Å². The SMILES string of the molecule is C=CC(=O)/N=C1/N=C2C=CC=CN2Cc2ccccc21. The summed E-state index contributed by atoms with van der Waals surface area (Å²) in [5, 5.41) is 0. The normalized spacial score (nSPS) is 18.1. The molecule has 4 heteroatoms. The zero-order chi connectivity index (χ0) is 13.9. The maximum absolute atomic E-state index is 11.5. The first kappa shape index (κ1) is 12.3. The minimum absolute atomic E-state index is 0.386. The van der Waals surface area contributed by atoms with Crippen LogP contribution in [0.5, 0.6) is 0 Å². The second-order valence-corrected chi connectivity index (χ2v) is 4.43. The molecule has 2 aliphatic rings. The van der Waals surface area contributed by atoms with E-state index in [1.54, 1.807) is 0 Å². The summed E-state index contributed by atoms with van der Waals surface area (Å²) >= 11 is 0. The molecule has 0 aromatic heterocycles. The highest BCUT2D eigenvalue weighted by atomic mass is 16.1. The van der Waals surface area contributed by atoms with Gasteiger partial charge in [0.05, 0.1) is 0 Å². The third-order valence-electron chi connectivity index (χ3n) is 3.13. The molecule has 4 nitrogen and oxygen atoms in total. The highest BCUT2D eigenvalue weighted by Gasteiger charge is 2.19. The van der Waals surface area contributed by atoms with Crippen LogP contribution in [0.4, 0.5) is 0 Å². The third-order valence-corrected chi connectivity index (χ3v) is 3.13. The summed E-state index contributed by atoms with van der Waals surface area (Å²) in [4.78, 5) is 22.1. The second kappa shape index (κ2) is 5.09. The van der Waals surface area contributed by atoms with Gasteiger partial charge < -0.3 is 4.90 Å². The molecule has 0 unspecified atom stereocenters. The molecular formula is C16H13N3O. The van der Waals surface area contributed by atoms with Crippen molar-refractivity contribution in [3.63, 3.8) is 0 Å². The molecule has 0 N–H and O–H groups in total. The summed E-state index contributed by atoms with van der Waals surface area (Å²) in [7, 11) is 0. The van der Waals surface area contributed by atoms with Gasteiger partial charge in [-0.05, 0) is 23.8 Å². The minimum atomic E-state index is -0.386. The number of carbonyl (C=O) groups excluding carboxylic acids is 1. The van der Waals surface area contributed by atoms with Crippen molar-refractivity contribution in [3.8, 4) is 0 Å². The average Bonchev–Trinajstić information content (AvgIpc) is 2.63. The van der Waals surface area contributed by atoms with Crippen molar-refractivity contribution in [2.24, 2.45) is 9.98 Å². The van der Waals surface area contributed by atoms with Crippen molar-refractivity contribution in [2.45, 2.75) is 6.54 Å². The van der Waals surface area contributed by atoms with E-state index >= 15 is 0 Å². The fourth-order valence-electron chi connectivity index (χ4n) is 2.17. The fraction of sp³-hybridized carbons (Fsp3) is 0.0625. The maximum Gasteiger partial charge on any atom is 0.271 e. The van der Waals surface area contributed by atoms with E-state index in [0.717, 1.165) is 17.0 Å². The summed E-state index contributed by atoms with van der Waals surface area (Å²) in [6, 6.07) is 7.84. The van der Waals surface area contributed by atoms with Gasteiger partial charge in [0.1, 0.15) is 5.84 Å². The van der Waals surface area contributed by atoms with Gasteiger partial charge >= 0.3 is 0 Å². The number of aliphatic imine (C=N–C) groups is 2. The minimum Gasteiger partial charge on any atom is -0.329 e. The van der Waals surface area contributed by atoms with Crippen molar-refractivity contribution in [1.82, 2.24) is 4.90 Å².